The van der Waals surface area contributed by atoms with E-state index in [1.807, 2.05) is 0 Å². The molecule has 0 atom stereocenters. The summed E-state index contributed by atoms with van der Waals surface area (Å²) in [4.78, 5) is 0. The highest BCUT2D eigenvalue weighted by Crippen LogP contribution is 2.54. The van der Waals surface area contributed by atoms with Crippen LogP contribution in [0, 0.1) is 0 Å². The van der Waals surface area contributed by atoms with Crippen molar-refractivity contribution in [1.29, 1.82) is 0 Å². The van der Waals surface area contributed by atoms with Gasteiger partial charge in [0.25, 0.3) is 0 Å². The molecule has 0 radical (unpaired) electrons. The summed E-state index contributed by atoms with van der Waals surface area (Å²) in [6.45, 7) is 0. The first kappa shape index (κ1) is 15.9. The first-order valence-corrected chi connectivity index (χ1v) is 5.22. The minimum atomic E-state index is -6.24. The standard InChI is InChI=1S/C9H5BrF7NO/c10-4-1-3(2-5(19)6(4)18)7(11,8(12,13)14)9(15,16)17/h1-2,19H,18H2. The second kappa shape index (κ2) is 4.43. The predicted octanol–water partition coefficient (Wildman–Crippen LogP) is 4.03. The fraction of sp³-hybridized carbons (Fsp3) is 0.333. The summed E-state index contributed by atoms with van der Waals surface area (Å²) < 4.78 is 87.7. The van der Waals surface area contributed by atoms with Crippen LogP contribution in [0.15, 0.2) is 16.6 Å². The van der Waals surface area contributed by atoms with Crippen molar-refractivity contribution >= 4 is 21.6 Å². The van der Waals surface area contributed by atoms with E-state index in [2.05, 4.69) is 15.9 Å². The minimum absolute atomic E-state index is 0.0128. The molecule has 1 aromatic carbocycles. The second-order valence-corrected chi connectivity index (χ2v) is 4.40. The summed E-state index contributed by atoms with van der Waals surface area (Å²) in [5.41, 5.74) is -2.79. The molecule has 2 nitrogen and oxygen atoms in total. The van der Waals surface area contributed by atoms with Crippen molar-refractivity contribution in [2.75, 3.05) is 5.73 Å². The number of anilines is 1. The van der Waals surface area contributed by atoms with E-state index in [1.54, 1.807) is 0 Å². The second-order valence-electron chi connectivity index (χ2n) is 3.54. The van der Waals surface area contributed by atoms with Crippen LogP contribution in [0.25, 0.3) is 0 Å². The molecule has 108 valence electrons. The zero-order chi connectivity index (χ0) is 15.2. The number of halogens is 8. The van der Waals surface area contributed by atoms with Gasteiger partial charge in [-0.15, -0.1) is 0 Å². The highest BCUT2D eigenvalue weighted by Gasteiger charge is 2.73. The molecule has 19 heavy (non-hydrogen) atoms. The normalized spacial score (nSPS) is 13.7. The van der Waals surface area contributed by atoms with Crippen molar-refractivity contribution < 1.29 is 35.8 Å². The van der Waals surface area contributed by atoms with Crippen molar-refractivity contribution in [3.05, 3.63) is 22.2 Å². The van der Waals surface area contributed by atoms with E-state index >= 15 is 0 Å². The van der Waals surface area contributed by atoms with Crippen LogP contribution in [-0.4, -0.2) is 17.5 Å². The Morgan fingerprint density at radius 1 is 0.947 bits per heavy atom. The van der Waals surface area contributed by atoms with Gasteiger partial charge >= 0.3 is 18.0 Å². The van der Waals surface area contributed by atoms with Crippen LogP contribution >= 0.6 is 15.9 Å². The molecule has 1 rings (SSSR count). The molecule has 0 aliphatic heterocycles. The van der Waals surface area contributed by atoms with Gasteiger partial charge in [0.05, 0.1) is 5.69 Å². The molecule has 0 unspecified atom stereocenters. The number of alkyl halides is 7. The van der Waals surface area contributed by atoms with E-state index in [0.717, 1.165) is 0 Å². The third kappa shape index (κ3) is 2.45. The van der Waals surface area contributed by atoms with Crippen LogP contribution < -0.4 is 5.73 Å². The predicted molar refractivity (Wildman–Crippen MR) is 55.1 cm³/mol. The summed E-state index contributed by atoms with van der Waals surface area (Å²) in [5, 5.41) is 9.12. The molecule has 0 amide bonds. The first-order chi connectivity index (χ1) is 8.32. The number of rotatable bonds is 1. The Morgan fingerprint density at radius 3 is 1.68 bits per heavy atom. The number of nitrogens with two attached hydrogens (primary N) is 1. The molecule has 0 heterocycles. The minimum Gasteiger partial charge on any atom is -0.506 e. The summed E-state index contributed by atoms with van der Waals surface area (Å²) >= 11 is 2.54. The fourth-order valence-corrected chi connectivity index (χ4v) is 1.74. The first-order valence-electron chi connectivity index (χ1n) is 4.43. The molecule has 0 saturated heterocycles. The van der Waals surface area contributed by atoms with Gasteiger partial charge in [0.1, 0.15) is 5.75 Å². The third-order valence-corrected chi connectivity index (χ3v) is 2.94. The van der Waals surface area contributed by atoms with E-state index in [0.29, 0.717) is 0 Å². The number of aromatic hydroxyl groups is 1. The van der Waals surface area contributed by atoms with Gasteiger partial charge in [0.15, 0.2) is 0 Å². The van der Waals surface area contributed by atoms with Crippen LogP contribution in [0.5, 0.6) is 5.75 Å². The van der Waals surface area contributed by atoms with E-state index in [4.69, 9.17) is 10.8 Å². The molecule has 1 aromatic rings. The van der Waals surface area contributed by atoms with Crippen LogP contribution in [0.4, 0.5) is 36.4 Å². The third-order valence-electron chi connectivity index (χ3n) is 2.29. The molecule has 0 saturated carbocycles. The van der Waals surface area contributed by atoms with Crippen LogP contribution in [-0.2, 0) is 5.67 Å². The van der Waals surface area contributed by atoms with Gasteiger partial charge < -0.3 is 10.8 Å². The molecular formula is C9H5BrF7NO. The Hall–Kier alpha value is -1.19. The SMILES string of the molecule is Nc1c(O)cc(C(F)(C(F)(F)F)C(F)(F)F)cc1Br. The molecule has 0 aliphatic carbocycles. The summed E-state index contributed by atoms with van der Waals surface area (Å²) in [6, 6.07) is 0.205. The van der Waals surface area contributed by atoms with E-state index in [9.17, 15) is 30.7 Å². The summed E-state index contributed by atoms with van der Waals surface area (Å²) in [5.74, 6) is -1.10. The number of hydrogen-bond acceptors (Lipinski definition) is 2. The Bertz CT molecular complexity index is 459. The molecule has 0 fully saturated rings. The maximum Gasteiger partial charge on any atom is 0.435 e. The van der Waals surface area contributed by atoms with Crippen LogP contribution in [0.3, 0.4) is 0 Å². The van der Waals surface area contributed by atoms with E-state index < -0.39 is 39.5 Å². The highest BCUT2D eigenvalue weighted by molar-refractivity contribution is 9.10. The lowest BCUT2D eigenvalue weighted by atomic mass is 9.93. The molecule has 0 aliphatic rings. The highest BCUT2D eigenvalue weighted by atomic mass is 79.9. The number of phenols is 1. The summed E-state index contributed by atoms with van der Waals surface area (Å²) in [7, 11) is 0. The Kier molecular flexibility index (Phi) is 3.70. The zero-order valence-electron chi connectivity index (χ0n) is 8.70. The lowest BCUT2D eigenvalue weighted by molar-refractivity contribution is -0.348. The Balaban J connectivity index is 3.62. The van der Waals surface area contributed by atoms with Crippen molar-refractivity contribution in [3.8, 4) is 5.75 Å². The van der Waals surface area contributed by atoms with Crippen molar-refractivity contribution in [2.45, 2.75) is 18.0 Å². The van der Waals surface area contributed by atoms with Gasteiger partial charge in [-0.05, 0) is 28.1 Å². The van der Waals surface area contributed by atoms with Gasteiger partial charge in [-0.3, -0.25) is 0 Å². The van der Waals surface area contributed by atoms with Crippen molar-refractivity contribution in [2.24, 2.45) is 0 Å². The molecule has 0 aromatic heterocycles. The summed E-state index contributed by atoms with van der Waals surface area (Å²) in [6.07, 6.45) is -12.5. The quantitative estimate of drug-likeness (QED) is 0.454. The van der Waals surface area contributed by atoms with Gasteiger partial charge in [0.2, 0.25) is 0 Å². The maximum atomic E-state index is 13.6. The van der Waals surface area contributed by atoms with Gasteiger partial charge in [0, 0.05) is 10.0 Å². The zero-order valence-corrected chi connectivity index (χ0v) is 10.3. The van der Waals surface area contributed by atoms with Gasteiger partial charge in [-0.2, -0.15) is 26.3 Å². The number of hydrogen-bond donors (Lipinski definition) is 2. The molecule has 0 bridgehead atoms. The van der Waals surface area contributed by atoms with Gasteiger partial charge in [-0.1, -0.05) is 0 Å². The van der Waals surface area contributed by atoms with E-state index in [-0.39, 0.29) is 12.1 Å². The molecule has 10 heteroatoms. The number of nitrogen functional groups attached to an aromatic ring is 1. The molecule has 0 spiro atoms. The Labute approximate surface area is 110 Å². The van der Waals surface area contributed by atoms with Crippen molar-refractivity contribution in [3.63, 3.8) is 0 Å². The average molecular weight is 356 g/mol. The monoisotopic (exact) mass is 355 g/mol. The molecule has 3 N–H and O–H groups in total. The van der Waals surface area contributed by atoms with Gasteiger partial charge in [-0.25, -0.2) is 4.39 Å². The largest absolute Gasteiger partial charge is 0.506 e. The number of phenolic OH excluding ortho intramolecular Hbond substituents is 1. The fourth-order valence-electron chi connectivity index (χ4n) is 1.29. The Morgan fingerprint density at radius 2 is 1.37 bits per heavy atom. The lowest BCUT2D eigenvalue weighted by Crippen LogP contribution is -2.50. The topological polar surface area (TPSA) is 46.2 Å². The average Bonchev–Trinajstić information content (AvgIpc) is 2.20. The molecular weight excluding hydrogens is 351 g/mol. The lowest BCUT2D eigenvalue weighted by Gasteiger charge is -2.30. The number of benzene rings is 1. The smallest absolute Gasteiger partial charge is 0.435 e. The van der Waals surface area contributed by atoms with Crippen molar-refractivity contribution in [1.82, 2.24) is 0 Å². The van der Waals surface area contributed by atoms with Crippen LogP contribution in [0.2, 0.25) is 0 Å². The maximum absolute atomic E-state index is 13.6. The van der Waals surface area contributed by atoms with Crippen LogP contribution in [0.1, 0.15) is 5.56 Å². The van der Waals surface area contributed by atoms with E-state index in [1.165, 1.54) is 0 Å².